The summed E-state index contributed by atoms with van der Waals surface area (Å²) in [5.41, 5.74) is 0. The van der Waals surface area contributed by atoms with E-state index in [9.17, 15) is 0 Å². The van der Waals surface area contributed by atoms with Crippen LogP contribution in [0.1, 0.15) is 19.8 Å². The molecule has 11 heavy (non-hydrogen) atoms. The van der Waals surface area contributed by atoms with Gasteiger partial charge in [-0.15, -0.1) is 0 Å². The molecular formula is C11H14. The van der Waals surface area contributed by atoms with E-state index in [1.807, 2.05) is 0 Å². The molecule has 1 fully saturated rings. The number of hydrogen-bond acceptors (Lipinski definition) is 0. The van der Waals surface area contributed by atoms with Crippen LogP contribution in [0, 0.1) is 24.2 Å². The molecule has 0 aromatic carbocycles. The molecular weight excluding hydrogens is 132 g/mol. The average molecular weight is 146 g/mol. The van der Waals surface area contributed by atoms with Crippen LogP contribution in [0.5, 0.6) is 0 Å². The fourth-order valence-corrected chi connectivity index (χ4v) is 2.01. The predicted octanol–water partition coefficient (Wildman–Crippen LogP) is 2.86. The quantitative estimate of drug-likeness (QED) is 0.533. The molecule has 3 unspecified atom stereocenters. The molecule has 0 spiro atoms. The summed E-state index contributed by atoms with van der Waals surface area (Å²) in [5, 5.41) is 0. The van der Waals surface area contributed by atoms with E-state index in [1.54, 1.807) is 0 Å². The molecule has 0 heteroatoms. The standard InChI is InChI=1S/C11H14/c1-2-9-7-10-5-3-4-6-11(10)8-9/h3-6,9-11H,2,7H2,1H3. The number of allylic oxidation sites excluding steroid dienone is 4. The molecule has 0 amide bonds. The van der Waals surface area contributed by atoms with Gasteiger partial charge in [-0.25, -0.2) is 0 Å². The Morgan fingerprint density at radius 3 is 2.91 bits per heavy atom. The molecule has 2 aliphatic carbocycles. The highest BCUT2D eigenvalue weighted by Crippen LogP contribution is 2.40. The van der Waals surface area contributed by atoms with Crippen molar-refractivity contribution in [2.24, 2.45) is 17.8 Å². The Balaban J connectivity index is 2.06. The van der Waals surface area contributed by atoms with Crippen molar-refractivity contribution < 1.29 is 0 Å². The zero-order valence-corrected chi connectivity index (χ0v) is 6.96. The van der Waals surface area contributed by atoms with Gasteiger partial charge in [0.15, 0.2) is 0 Å². The lowest BCUT2D eigenvalue weighted by atomic mass is 9.92. The first-order valence-electron chi connectivity index (χ1n) is 4.51. The molecule has 2 rings (SSSR count). The third-order valence-electron chi connectivity index (χ3n) is 2.73. The molecule has 0 aromatic rings. The maximum Gasteiger partial charge on any atom is -0.00589 e. The smallest absolute Gasteiger partial charge is 0.00589 e. The van der Waals surface area contributed by atoms with Gasteiger partial charge in [0.05, 0.1) is 0 Å². The Bertz CT molecular complexity index is 168. The third kappa shape index (κ3) is 1.26. The topological polar surface area (TPSA) is 0 Å². The Morgan fingerprint density at radius 2 is 2.18 bits per heavy atom. The number of fused-ring (bicyclic) bond motifs is 1. The molecule has 3 atom stereocenters. The first-order chi connectivity index (χ1) is 5.40. The highest BCUT2D eigenvalue weighted by Gasteiger charge is 2.31. The molecule has 0 nitrogen and oxygen atoms in total. The Labute approximate surface area is 69.0 Å². The molecule has 0 bridgehead atoms. The molecule has 2 aliphatic rings. The molecule has 1 saturated carbocycles. The van der Waals surface area contributed by atoms with Crippen LogP contribution in [0.2, 0.25) is 0 Å². The minimum absolute atomic E-state index is 0.630. The normalized spacial score (nSPS) is 41.0. The maximum absolute atomic E-state index is 3.60. The summed E-state index contributed by atoms with van der Waals surface area (Å²) in [6, 6.07) is 0. The van der Waals surface area contributed by atoms with Crippen molar-refractivity contribution in [1.29, 1.82) is 0 Å². The van der Waals surface area contributed by atoms with Gasteiger partial charge in [-0.1, -0.05) is 37.6 Å². The second-order valence-electron chi connectivity index (χ2n) is 3.47. The monoisotopic (exact) mass is 146 g/mol. The van der Waals surface area contributed by atoms with Crippen LogP contribution in [-0.2, 0) is 0 Å². The fraction of sp³-hybridized carbons (Fsp3) is 0.545. The van der Waals surface area contributed by atoms with Crippen LogP contribution >= 0.6 is 0 Å². The van der Waals surface area contributed by atoms with Gasteiger partial charge in [0, 0.05) is 0 Å². The summed E-state index contributed by atoms with van der Waals surface area (Å²) in [4.78, 5) is 0. The van der Waals surface area contributed by atoms with E-state index < -0.39 is 0 Å². The first-order valence-corrected chi connectivity index (χ1v) is 4.51. The SMILES string of the molecule is CCC1[C]C2C=CC=CC2C1. The summed E-state index contributed by atoms with van der Waals surface area (Å²) >= 11 is 0. The van der Waals surface area contributed by atoms with Crippen molar-refractivity contribution in [1.82, 2.24) is 0 Å². The van der Waals surface area contributed by atoms with Crippen LogP contribution < -0.4 is 0 Å². The molecule has 0 heterocycles. The Morgan fingerprint density at radius 1 is 1.36 bits per heavy atom. The van der Waals surface area contributed by atoms with Gasteiger partial charge in [0.2, 0.25) is 0 Å². The van der Waals surface area contributed by atoms with Crippen molar-refractivity contribution in [3.8, 4) is 0 Å². The van der Waals surface area contributed by atoms with Crippen molar-refractivity contribution in [3.05, 3.63) is 30.7 Å². The minimum atomic E-state index is 0.630. The first kappa shape index (κ1) is 7.15. The Hall–Kier alpha value is -0.520. The van der Waals surface area contributed by atoms with Gasteiger partial charge < -0.3 is 0 Å². The van der Waals surface area contributed by atoms with Crippen LogP contribution in [0.4, 0.5) is 0 Å². The second-order valence-corrected chi connectivity index (χ2v) is 3.47. The van der Waals surface area contributed by atoms with E-state index in [-0.39, 0.29) is 0 Å². The van der Waals surface area contributed by atoms with E-state index >= 15 is 0 Å². The van der Waals surface area contributed by atoms with Crippen LogP contribution in [0.3, 0.4) is 0 Å². The van der Waals surface area contributed by atoms with Gasteiger partial charge >= 0.3 is 0 Å². The third-order valence-corrected chi connectivity index (χ3v) is 2.73. The van der Waals surface area contributed by atoms with Crippen LogP contribution in [0.15, 0.2) is 24.3 Å². The maximum atomic E-state index is 3.60. The molecule has 0 aliphatic heterocycles. The highest BCUT2D eigenvalue weighted by atomic mass is 14.3. The molecule has 0 aromatic heterocycles. The molecule has 0 N–H and O–H groups in total. The molecule has 0 saturated heterocycles. The summed E-state index contributed by atoms with van der Waals surface area (Å²) < 4.78 is 0. The lowest BCUT2D eigenvalue weighted by Gasteiger charge is -2.12. The zero-order chi connectivity index (χ0) is 7.68. The van der Waals surface area contributed by atoms with E-state index in [1.165, 1.54) is 12.8 Å². The number of rotatable bonds is 1. The van der Waals surface area contributed by atoms with Crippen LogP contribution in [0.25, 0.3) is 0 Å². The minimum Gasteiger partial charge on any atom is -0.0808 e. The lowest BCUT2D eigenvalue weighted by molar-refractivity contribution is 0.535. The Kier molecular flexibility index (Phi) is 1.85. The van der Waals surface area contributed by atoms with Gasteiger partial charge in [0.1, 0.15) is 0 Å². The summed E-state index contributed by atoms with van der Waals surface area (Å²) in [7, 11) is 0. The van der Waals surface area contributed by atoms with Crippen LogP contribution in [-0.4, -0.2) is 0 Å². The average Bonchev–Trinajstić information content (AvgIpc) is 2.46. The largest absolute Gasteiger partial charge is 0.0808 e. The number of hydrogen-bond donors (Lipinski definition) is 0. The van der Waals surface area contributed by atoms with Gasteiger partial charge in [-0.3, -0.25) is 0 Å². The van der Waals surface area contributed by atoms with Crippen molar-refractivity contribution in [2.75, 3.05) is 0 Å². The van der Waals surface area contributed by atoms with Crippen molar-refractivity contribution in [2.45, 2.75) is 19.8 Å². The summed E-state index contributed by atoms with van der Waals surface area (Å²) in [5.74, 6) is 2.15. The van der Waals surface area contributed by atoms with Gasteiger partial charge in [0.25, 0.3) is 0 Å². The fourth-order valence-electron chi connectivity index (χ4n) is 2.01. The zero-order valence-electron chi connectivity index (χ0n) is 6.96. The summed E-state index contributed by atoms with van der Waals surface area (Å²) in [6.45, 7) is 2.25. The van der Waals surface area contributed by atoms with Gasteiger partial charge in [-0.2, -0.15) is 0 Å². The van der Waals surface area contributed by atoms with Crippen molar-refractivity contribution >= 4 is 0 Å². The van der Waals surface area contributed by atoms with Crippen molar-refractivity contribution in [3.63, 3.8) is 0 Å². The second kappa shape index (κ2) is 2.84. The summed E-state index contributed by atoms with van der Waals surface area (Å²) in [6.07, 6.45) is 15.1. The van der Waals surface area contributed by atoms with E-state index in [2.05, 4.69) is 37.6 Å². The van der Waals surface area contributed by atoms with Gasteiger partial charge in [-0.05, 0) is 30.6 Å². The highest BCUT2D eigenvalue weighted by molar-refractivity contribution is 5.20. The molecule has 2 radical (unpaired) electrons. The predicted molar refractivity (Wildman–Crippen MR) is 46.9 cm³/mol. The van der Waals surface area contributed by atoms with E-state index in [0.717, 1.165) is 11.8 Å². The molecule has 58 valence electrons. The lowest BCUT2D eigenvalue weighted by Crippen LogP contribution is -2.03. The van der Waals surface area contributed by atoms with E-state index in [4.69, 9.17) is 0 Å². The van der Waals surface area contributed by atoms with E-state index in [0.29, 0.717) is 5.92 Å².